The normalized spacial score (nSPS) is 20.6. The maximum Gasteiger partial charge on any atom is 0.118 e. The quantitative estimate of drug-likeness (QED) is 0.824. The van der Waals surface area contributed by atoms with Gasteiger partial charge in [0.25, 0.3) is 0 Å². The van der Waals surface area contributed by atoms with Crippen molar-refractivity contribution in [3.8, 4) is 5.75 Å². The van der Waals surface area contributed by atoms with Gasteiger partial charge in [0.2, 0.25) is 0 Å². The van der Waals surface area contributed by atoms with E-state index in [0.29, 0.717) is 12.1 Å². The number of ether oxygens (including phenoxy) is 2. The van der Waals surface area contributed by atoms with E-state index < -0.39 is 0 Å². The first-order chi connectivity index (χ1) is 9.83. The van der Waals surface area contributed by atoms with E-state index >= 15 is 0 Å². The van der Waals surface area contributed by atoms with E-state index in [1.54, 1.807) is 7.11 Å². The molecule has 2 rings (SSSR count). The molecule has 1 aromatic carbocycles. The third kappa shape index (κ3) is 4.50. The largest absolute Gasteiger partial charge is 0.497 e. The number of rotatable bonds is 7. The summed E-state index contributed by atoms with van der Waals surface area (Å²) in [5.74, 6) is 0.916. The van der Waals surface area contributed by atoms with Crippen LogP contribution in [0, 0.1) is 0 Å². The van der Waals surface area contributed by atoms with Crippen LogP contribution < -0.4 is 10.1 Å². The van der Waals surface area contributed by atoms with Crippen molar-refractivity contribution >= 4 is 0 Å². The molecule has 0 radical (unpaired) electrons. The van der Waals surface area contributed by atoms with Crippen LogP contribution in [-0.4, -0.2) is 26.4 Å². The molecule has 0 saturated carbocycles. The van der Waals surface area contributed by atoms with Crippen LogP contribution in [0.3, 0.4) is 0 Å². The van der Waals surface area contributed by atoms with Gasteiger partial charge in [-0.2, -0.15) is 0 Å². The zero-order chi connectivity index (χ0) is 14.2. The molecule has 1 aromatic rings. The van der Waals surface area contributed by atoms with E-state index in [0.717, 1.165) is 31.7 Å². The first kappa shape index (κ1) is 15.3. The summed E-state index contributed by atoms with van der Waals surface area (Å²) < 4.78 is 11.0. The summed E-state index contributed by atoms with van der Waals surface area (Å²) in [4.78, 5) is 0. The number of hydrogen-bond acceptors (Lipinski definition) is 3. The van der Waals surface area contributed by atoms with Crippen molar-refractivity contribution in [1.29, 1.82) is 0 Å². The van der Waals surface area contributed by atoms with Crippen molar-refractivity contribution in [3.63, 3.8) is 0 Å². The second kappa shape index (κ2) is 8.28. The standard InChI is InChI=1S/C17H27NO2/c1-3-17(14-7-9-15(19-2)10-8-14)18-12-11-16-6-4-5-13-20-16/h7-10,16-18H,3-6,11-13H2,1-2H3. The minimum absolute atomic E-state index is 0.421. The van der Waals surface area contributed by atoms with Gasteiger partial charge in [0, 0.05) is 12.6 Å². The van der Waals surface area contributed by atoms with Crippen LogP contribution in [0.4, 0.5) is 0 Å². The zero-order valence-corrected chi connectivity index (χ0v) is 12.7. The molecule has 1 N–H and O–H groups in total. The van der Waals surface area contributed by atoms with Crippen LogP contribution in [0.2, 0.25) is 0 Å². The molecule has 0 aromatic heterocycles. The molecule has 0 amide bonds. The smallest absolute Gasteiger partial charge is 0.118 e. The fourth-order valence-corrected chi connectivity index (χ4v) is 2.79. The topological polar surface area (TPSA) is 30.5 Å². The Kier molecular flexibility index (Phi) is 6.34. The maximum absolute atomic E-state index is 5.77. The summed E-state index contributed by atoms with van der Waals surface area (Å²) in [5, 5.41) is 3.65. The molecule has 1 heterocycles. The van der Waals surface area contributed by atoms with Crippen LogP contribution in [-0.2, 0) is 4.74 Å². The molecule has 3 nitrogen and oxygen atoms in total. The first-order valence-corrected chi connectivity index (χ1v) is 7.82. The predicted molar refractivity (Wildman–Crippen MR) is 82.2 cm³/mol. The molecule has 1 saturated heterocycles. The lowest BCUT2D eigenvalue weighted by atomic mass is 10.0. The average Bonchev–Trinajstić information content (AvgIpc) is 2.53. The SMILES string of the molecule is CCC(NCCC1CCCCO1)c1ccc(OC)cc1. The van der Waals surface area contributed by atoms with Gasteiger partial charge in [-0.25, -0.2) is 0 Å². The molecule has 0 aliphatic carbocycles. The van der Waals surface area contributed by atoms with Gasteiger partial charge < -0.3 is 14.8 Å². The fourth-order valence-electron chi connectivity index (χ4n) is 2.79. The minimum atomic E-state index is 0.421. The monoisotopic (exact) mass is 277 g/mol. The lowest BCUT2D eigenvalue weighted by Gasteiger charge is -2.24. The second-order valence-corrected chi connectivity index (χ2v) is 5.47. The molecule has 1 aliphatic rings. The van der Waals surface area contributed by atoms with E-state index in [-0.39, 0.29) is 0 Å². The number of benzene rings is 1. The highest BCUT2D eigenvalue weighted by Crippen LogP contribution is 2.21. The molecule has 1 aliphatic heterocycles. The number of hydrogen-bond donors (Lipinski definition) is 1. The van der Waals surface area contributed by atoms with Gasteiger partial charge in [-0.3, -0.25) is 0 Å². The average molecular weight is 277 g/mol. The van der Waals surface area contributed by atoms with Gasteiger partial charge in [-0.05, 0) is 56.3 Å². The first-order valence-electron chi connectivity index (χ1n) is 7.82. The van der Waals surface area contributed by atoms with Crippen molar-refractivity contribution in [2.45, 2.75) is 51.2 Å². The Morgan fingerprint density at radius 3 is 2.70 bits per heavy atom. The summed E-state index contributed by atoms with van der Waals surface area (Å²) in [5.41, 5.74) is 1.33. The molecular formula is C17H27NO2. The van der Waals surface area contributed by atoms with Gasteiger partial charge in [0.1, 0.15) is 5.75 Å². The summed E-state index contributed by atoms with van der Waals surface area (Å²) in [6.45, 7) is 4.19. The van der Waals surface area contributed by atoms with E-state index in [1.165, 1.54) is 24.8 Å². The van der Waals surface area contributed by atoms with Crippen LogP contribution >= 0.6 is 0 Å². The highest BCUT2D eigenvalue weighted by molar-refractivity contribution is 5.29. The molecule has 2 atom stereocenters. The van der Waals surface area contributed by atoms with Gasteiger partial charge >= 0.3 is 0 Å². The Hall–Kier alpha value is -1.06. The van der Waals surface area contributed by atoms with E-state index in [9.17, 15) is 0 Å². The third-order valence-corrected chi connectivity index (χ3v) is 4.06. The molecule has 112 valence electrons. The lowest BCUT2D eigenvalue weighted by Crippen LogP contribution is -2.27. The highest BCUT2D eigenvalue weighted by atomic mass is 16.5. The van der Waals surface area contributed by atoms with Crippen LogP contribution in [0.25, 0.3) is 0 Å². The number of methoxy groups -OCH3 is 1. The maximum atomic E-state index is 5.77. The molecular weight excluding hydrogens is 250 g/mol. The lowest BCUT2D eigenvalue weighted by molar-refractivity contribution is 0.0112. The zero-order valence-electron chi connectivity index (χ0n) is 12.7. The Morgan fingerprint density at radius 1 is 1.30 bits per heavy atom. The molecule has 2 unspecified atom stereocenters. The summed E-state index contributed by atoms with van der Waals surface area (Å²) in [6.07, 6.45) is 6.45. The molecule has 1 fully saturated rings. The summed E-state index contributed by atoms with van der Waals surface area (Å²) in [6, 6.07) is 8.78. The minimum Gasteiger partial charge on any atom is -0.497 e. The van der Waals surface area contributed by atoms with E-state index in [2.05, 4.69) is 24.4 Å². The Labute approximate surface area is 122 Å². The van der Waals surface area contributed by atoms with Gasteiger partial charge in [-0.15, -0.1) is 0 Å². The Morgan fingerprint density at radius 2 is 2.10 bits per heavy atom. The van der Waals surface area contributed by atoms with Gasteiger partial charge in [0.15, 0.2) is 0 Å². The Balaban J connectivity index is 1.78. The molecule has 20 heavy (non-hydrogen) atoms. The van der Waals surface area contributed by atoms with Crippen LogP contribution in [0.15, 0.2) is 24.3 Å². The fraction of sp³-hybridized carbons (Fsp3) is 0.647. The van der Waals surface area contributed by atoms with Crippen molar-refractivity contribution in [3.05, 3.63) is 29.8 Å². The molecule has 0 spiro atoms. The summed E-state index contributed by atoms with van der Waals surface area (Å²) >= 11 is 0. The van der Waals surface area contributed by atoms with Crippen molar-refractivity contribution in [2.24, 2.45) is 0 Å². The van der Waals surface area contributed by atoms with Gasteiger partial charge in [0.05, 0.1) is 13.2 Å². The Bertz CT molecular complexity index is 371. The van der Waals surface area contributed by atoms with Crippen LogP contribution in [0.5, 0.6) is 5.75 Å². The van der Waals surface area contributed by atoms with Crippen molar-refractivity contribution < 1.29 is 9.47 Å². The van der Waals surface area contributed by atoms with Crippen molar-refractivity contribution in [2.75, 3.05) is 20.3 Å². The molecule has 3 heteroatoms. The van der Waals surface area contributed by atoms with Crippen LogP contribution in [0.1, 0.15) is 50.6 Å². The van der Waals surface area contributed by atoms with Crippen molar-refractivity contribution in [1.82, 2.24) is 5.32 Å². The summed E-state index contributed by atoms with van der Waals surface area (Å²) in [7, 11) is 1.70. The number of nitrogens with one attached hydrogen (secondary N) is 1. The van der Waals surface area contributed by atoms with E-state index in [4.69, 9.17) is 9.47 Å². The van der Waals surface area contributed by atoms with E-state index in [1.807, 2.05) is 12.1 Å². The predicted octanol–water partition coefficient (Wildman–Crippen LogP) is 3.70. The molecule has 0 bridgehead atoms. The third-order valence-electron chi connectivity index (χ3n) is 4.06. The van der Waals surface area contributed by atoms with Gasteiger partial charge in [-0.1, -0.05) is 19.1 Å². The second-order valence-electron chi connectivity index (χ2n) is 5.47. The highest BCUT2D eigenvalue weighted by Gasteiger charge is 2.14.